The van der Waals surface area contributed by atoms with Gasteiger partial charge in [0.2, 0.25) is 5.82 Å². The number of carbonyl (C=O) groups excluding carboxylic acids is 1. The van der Waals surface area contributed by atoms with Crippen LogP contribution >= 0.6 is 0 Å². The van der Waals surface area contributed by atoms with E-state index in [9.17, 15) is 4.79 Å². The maximum absolute atomic E-state index is 12.0. The molecule has 6 nitrogen and oxygen atoms in total. The minimum atomic E-state index is -0.0337. The van der Waals surface area contributed by atoms with Gasteiger partial charge >= 0.3 is 0 Å². The molecule has 1 saturated heterocycles. The number of hydrogen-bond donors (Lipinski definition) is 1. The van der Waals surface area contributed by atoms with Crippen molar-refractivity contribution < 1.29 is 4.79 Å². The lowest BCUT2D eigenvalue weighted by atomic mass is 10.2. The van der Waals surface area contributed by atoms with Crippen molar-refractivity contribution in [1.82, 2.24) is 25.0 Å². The molecule has 0 aromatic carbocycles. The maximum atomic E-state index is 12.0. The van der Waals surface area contributed by atoms with Gasteiger partial charge in [0.05, 0.1) is 0 Å². The van der Waals surface area contributed by atoms with Crippen LogP contribution in [0.15, 0.2) is 6.33 Å². The summed E-state index contributed by atoms with van der Waals surface area (Å²) in [5.74, 6) is 1.24. The number of nitrogens with zero attached hydrogens (tertiary/aromatic N) is 4. The van der Waals surface area contributed by atoms with Crippen LogP contribution in [0.2, 0.25) is 0 Å². The lowest BCUT2D eigenvalue weighted by molar-refractivity contribution is 0.0620. The zero-order chi connectivity index (χ0) is 11.7. The second-order valence-corrected chi connectivity index (χ2v) is 4.87. The molecule has 1 aromatic rings. The number of amides is 1. The fourth-order valence-electron chi connectivity index (χ4n) is 2.26. The Balaban J connectivity index is 1.52. The van der Waals surface area contributed by atoms with E-state index in [1.165, 1.54) is 25.7 Å². The third-order valence-electron chi connectivity index (χ3n) is 3.49. The van der Waals surface area contributed by atoms with E-state index < -0.39 is 0 Å². The molecule has 1 saturated carbocycles. The number of H-pyrrole nitrogens is 1. The highest BCUT2D eigenvalue weighted by molar-refractivity contribution is 5.90. The number of nitrogens with one attached hydrogen (secondary N) is 1. The number of rotatable bonds is 3. The molecule has 3 rings (SSSR count). The van der Waals surface area contributed by atoms with Crippen molar-refractivity contribution in [1.29, 1.82) is 0 Å². The SMILES string of the molecule is O=C(c1ncn[nH]1)N1CCN(CC2CC2)CC1. The van der Waals surface area contributed by atoms with E-state index >= 15 is 0 Å². The molecule has 6 heteroatoms. The van der Waals surface area contributed by atoms with Crippen molar-refractivity contribution in [3.05, 3.63) is 12.2 Å². The summed E-state index contributed by atoms with van der Waals surface area (Å²) in [4.78, 5) is 20.2. The third kappa shape index (κ3) is 2.46. The molecule has 0 spiro atoms. The Kier molecular flexibility index (Phi) is 2.80. The van der Waals surface area contributed by atoms with Crippen molar-refractivity contribution >= 4 is 5.91 Å². The van der Waals surface area contributed by atoms with Crippen LogP contribution in [0.4, 0.5) is 0 Å². The molecular formula is C11H17N5O. The van der Waals surface area contributed by atoms with Gasteiger partial charge < -0.3 is 4.90 Å². The van der Waals surface area contributed by atoms with Gasteiger partial charge in [0.1, 0.15) is 6.33 Å². The summed E-state index contributed by atoms with van der Waals surface area (Å²) in [5, 5.41) is 6.33. The van der Waals surface area contributed by atoms with Crippen molar-refractivity contribution in [3.8, 4) is 0 Å². The average Bonchev–Trinajstić information content (AvgIpc) is 3.00. The molecule has 1 N–H and O–H groups in total. The lowest BCUT2D eigenvalue weighted by Gasteiger charge is -2.34. The van der Waals surface area contributed by atoms with Crippen LogP contribution in [0.5, 0.6) is 0 Å². The zero-order valence-electron chi connectivity index (χ0n) is 9.80. The summed E-state index contributed by atoms with van der Waals surface area (Å²) in [6.07, 6.45) is 4.14. The molecule has 2 fully saturated rings. The molecule has 1 aliphatic carbocycles. The lowest BCUT2D eigenvalue weighted by Crippen LogP contribution is -2.49. The van der Waals surface area contributed by atoms with Gasteiger partial charge in [0.25, 0.3) is 5.91 Å². The highest BCUT2D eigenvalue weighted by Crippen LogP contribution is 2.29. The summed E-state index contributed by atoms with van der Waals surface area (Å²) in [6.45, 7) is 4.77. The van der Waals surface area contributed by atoms with Crippen LogP contribution in [0.25, 0.3) is 0 Å². The van der Waals surface area contributed by atoms with Gasteiger partial charge in [-0.25, -0.2) is 4.98 Å². The van der Waals surface area contributed by atoms with E-state index in [4.69, 9.17) is 0 Å². The van der Waals surface area contributed by atoms with E-state index in [1.54, 1.807) is 0 Å². The molecule has 2 heterocycles. The summed E-state index contributed by atoms with van der Waals surface area (Å²) in [7, 11) is 0. The average molecular weight is 235 g/mol. The van der Waals surface area contributed by atoms with E-state index in [0.717, 1.165) is 32.1 Å². The molecular weight excluding hydrogens is 218 g/mol. The van der Waals surface area contributed by atoms with Crippen molar-refractivity contribution in [2.24, 2.45) is 5.92 Å². The van der Waals surface area contributed by atoms with E-state index in [1.807, 2.05) is 4.90 Å². The minimum absolute atomic E-state index is 0.0337. The van der Waals surface area contributed by atoms with Crippen LogP contribution in [-0.4, -0.2) is 63.6 Å². The van der Waals surface area contributed by atoms with Crippen molar-refractivity contribution in [2.75, 3.05) is 32.7 Å². The van der Waals surface area contributed by atoms with Gasteiger partial charge in [-0.1, -0.05) is 0 Å². The Bertz CT molecular complexity index is 379. The Morgan fingerprint density at radius 2 is 2.12 bits per heavy atom. The van der Waals surface area contributed by atoms with E-state index in [0.29, 0.717) is 5.82 Å². The third-order valence-corrected chi connectivity index (χ3v) is 3.49. The smallest absolute Gasteiger partial charge is 0.291 e. The first-order valence-corrected chi connectivity index (χ1v) is 6.20. The second-order valence-electron chi connectivity index (χ2n) is 4.87. The zero-order valence-corrected chi connectivity index (χ0v) is 9.80. The fraction of sp³-hybridized carbons (Fsp3) is 0.727. The number of hydrogen-bond acceptors (Lipinski definition) is 4. The second kappa shape index (κ2) is 4.44. The minimum Gasteiger partial charge on any atom is -0.333 e. The van der Waals surface area contributed by atoms with Gasteiger partial charge in [-0.15, -0.1) is 0 Å². The first-order chi connectivity index (χ1) is 8.33. The molecule has 1 aliphatic heterocycles. The molecule has 0 unspecified atom stereocenters. The number of piperazine rings is 1. The van der Waals surface area contributed by atoms with Crippen LogP contribution in [0, 0.1) is 5.92 Å². The molecule has 1 aromatic heterocycles. The first kappa shape index (κ1) is 10.7. The first-order valence-electron chi connectivity index (χ1n) is 6.20. The molecule has 0 bridgehead atoms. The Morgan fingerprint density at radius 1 is 1.35 bits per heavy atom. The number of aromatic amines is 1. The van der Waals surface area contributed by atoms with E-state index in [2.05, 4.69) is 20.1 Å². The fourth-order valence-corrected chi connectivity index (χ4v) is 2.26. The predicted octanol–water partition coefficient (Wildman–Crippen LogP) is -0.0275. The molecule has 1 amide bonds. The highest BCUT2D eigenvalue weighted by atomic mass is 16.2. The summed E-state index contributed by atoms with van der Waals surface area (Å²) < 4.78 is 0. The molecule has 0 radical (unpaired) electrons. The van der Waals surface area contributed by atoms with Crippen LogP contribution in [0.3, 0.4) is 0 Å². The van der Waals surface area contributed by atoms with Crippen molar-refractivity contribution in [2.45, 2.75) is 12.8 Å². The quantitative estimate of drug-likeness (QED) is 0.799. The monoisotopic (exact) mass is 235 g/mol. The van der Waals surface area contributed by atoms with Gasteiger partial charge in [-0.05, 0) is 18.8 Å². The Labute approximate surface area is 100 Å². The largest absolute Gasteiger partial charge is 0.333 e. The summed E-state index contributed by atoms with van der Waals surface area (Å²) >= 11 is 0. The Morgan fingerprint density at radius 3 is 2.71 bits per heavy atom. The topological polar surface area (TPSA) is 65.1 Å². The predicted molar refractivity (Wildman–Crippen MR) is 61.5 cm³/mol. The molecule has 17 heavy (non-hydrogen) atoms. The molecule has 2 aliphatic rings. The van der Waals surface area contributed by atoms with Crippen molar-refractivity contribution in [3.63, 3.8) is 0 Å². The normalized spacial score (nSPS) is 21.8. The standard InChI is InChI=1S/C11H17N5O/c17-11(10-12-8-13-14-10)16-5-3-15(4-6-16)7-9-1-2-9/h8-9H,1-7H2,(H,12,13,14). The van der Waals surface area contributed by atoms with Crippen LogP contribution in [0.1, 0.15) is 23.5 Å². The maximum Gasteiger partial charge on any atom is 0.291 e. The Hall–Kier alpha value is -1.43. The van der Waals surface area contributed by atoms with Crippen LogP contribution < -0.4 is 0 Å². The highest BCUT2D eigenvalue weighted by Gasteiger charge is 2.28. The molecule has 92 valence electrons. The van der Waals surface area contributed by atoms with Gasteiger partial charge in [0, 0.05) is 32.7 Å². The van der Waals surface area contributed by atoms with Crippen LogP contribution in [-0.2, 0) is 0 Å². The van der Waals surface area contributed by atoms with Gasteiger partial charge in [-0.2, -0.15) is 5.10 Å². The number of carbonyl (C=O) groups is 1. The van der Waals surface area contributed by atoms with Gasteiger partial charge in [0.15, 0.2) is 0 Å². The summed E-state index contributed by atoms with van der Waals surface area (Å²) in [6, 6.07) is 0. The van der Waals surface area contributed by atoms with E-state index in [-0.39, 0.29) is 5.91 Å². The summed E-state index contributed by atoms with van der Waals surface area (Å²) in [5.41, 5.74) is 0. The molecule has 0 atom stereocenters. The van der Waals surface area contributed by atoms with Gasteiger partial charge in [-0.3, -0.25) is 14.8 Å². The number of aromatic nitrogens is 3.